The molecule has 20 heavy (non-hydrogen) atoms. The summed E-state index contributed by atoms with van der Waals surface area (Å²) in [5.74, 6) is 1.09. The quantitative estimate of drug-likeness (QED) is 0.664. The largest absolute Gasteiger partial charge is 0.365 e. The van der Waals surface area contributed by atoms with E-state index in [1.807, 2.05) is 13.0 Å². The van der Waals surface area contributed by atoms with Crippen molar-refractivity contribution in [2.45, 2.75) is 32.2 Å². The number of fused-ring (bicyclic) bond motifs is 1. The SMILES string of the molecule is Cc1ccc([N+](=O)[O-])c(N2CC3CCCC(N)C3C2)c1. The number of hydrogen-bond acceptors (Lipinski definition) is 4. The van der Waals surface area contributed by atoms with Gasteiger partial charge in [0.05, 0.1) is 4.92 Å². The van der Waals surface area contributed by atoms with Gasteiger partial charge in [-0.2, -0.15) is 0 Å². The second-order valence-electron chi connectivity index (χ2n) is 6.17. The van der Waals surface area contributed by atoms with E-state index >= 15 is 0 Å². The summed E-state index contributed by atoms with van der Waals surface area (Å²) in [4.78, 5) is 13.1. The van der Waals surface area contributed by atoms with Gasteiger partial charge in [0.15, 0.2) is 0 Å². The van der Waals surface area contributed by atoms with Crippen LogP contribution in [0.3, 0.4) is 0 Å². The average molecular weight is 275 g/mol. The van der Waals surface area contributed by atoms with Crippen LogP contribution in [-0.2, 0) is 0 Å². The second-order valence-corrected chi connectivity index (χ2v) is 6.17. The number of anilines is 1. The van der Waals surface area contributed by atoms with E-state index in [4.69, 9.17) is 5.73 Å². The summed E-state index contributed by atoms with van der Waals surface area (Å²) < 4.78 is 0. The molecule has 3 rings (SSSR count). The molecular weight excluding hydrogens is 254 g/mol. The number of nitrogens with two attached hydrogens (primary N) is 1. The van der Waals surface area contributed by atoms with E-state index in [-0.39, 0.29) is 16.7 Å². The predicted octanol–water partition coefficient (Wildman–Crippen LogP) is 2.47. The molecule has 5 heteroatoms. The normalized spacial score (nSPS) is 29.3. The van der Waals surface area contributed by atoms with E-state index < -0.39 is 0 Å². The highest BCUT2D eigenvalue weighted by Crippen LogP contribution is 2.40. The zero-order chi connectivity index (χ0) is 14.3. The Bertz CT molecular complexity index is 532. The number of hydrogen-bond donors (Lipinski definition) is 1. The molecule has 1 saturated carbocycles. The van der Waals surface area contributed by atoms with Crippen molar-refractivity contribution in [1.29, 1.82) is 0 Å². The van der Waals surface area contributed by atoms with Crippen LogP contribution in [0.1, 0.15) is 24.8 Å². The molecule has 3 unspecified atom stereocenters. The molecule has 0 radical (unpaired) electrons. The van der Waals surface area contributed by atoms with Crippen LogP contribution in [0.15, 0.2) is 18.2 Å². The second kappa shape index (κ2) is 5.05. The van der Waals surface area contributed by atoms with Crippen molar-refractivity contribution in [2.24, 2.45) is 17.6 Å². The maximum Gasteiger partial charge on any atom is 0.292 e. The van der Waals surface area contributed by atoms with Crippen molar-refractivity contribution in [3.05, 3.63) is 33.9 Å². The molecule has 2 N–H and O–H groups in total. The Morgan fingerprint density at radius 3 is 2.85 bits per heavy atom. The standard InChI is InChI=1S/C15H21N3O2/c1-10-5-6-14(18(19)20)15(7-10)17-8-11-3-2-4-13(16)12(11)9-17/h5-7,11-13H,2-4,8-9,16H2,1H3. The maximum atomic E-state index is 11.2. The Morgan fingerprint density at radius 2 is 2.15 bits per heavy atom. The molecule has 1 heterocycles. The van der Waals surface area contributed by atoms with Crippen LogP contribution < -0.4 is 10.6 Å². The van der Waals surface area contributed by atoms with Gasteiger partial charge in [-0.05, 0) is 43.2 Å². The van der Waals surface area contributed by atoms with Crippen LogP contribution in [-0.4, -0.2) is 24.1 Å². The highest BCUT2D eigenvalue weighted by atomic mass is 16.6. The zero-order valence-corrected chi connectivity index (χ0v) is 11.8. The van der Waals surface area contributed by atoms with E-state index in [1.54, 1.807) is 12.1 Å². The lowest BCUT2D eigenvalue weighted by atomic mass is 9.78. The van der Waals surface area contributed by atoms with Gasteiger partial charge in [0.1, 0.15) is 5.69 Å². The zero-order valence-electron chi connectivity index (χ0n) is 11.8. The fourth-order valence-electron chi connectivity index (χ4n) is 3.75. The van der Waals surface area contributed by atoms with Gasteiger partial charge in [0.2, 0.25) is 0 Å². The van der Waals surface area contributed by atoms with Gasteiger partial charge in [-0.15, -0.1) is 0 Å². The average Bonchev–Trinajstić information content (AvgIpc) is 2.83. The molecule has 0 bridgehead atoms. The fourth-order valence-corrected chi connectivity index (χ4v) is 3.75. The van der Waals surface area contributed by atoms with Gasteiger partial charge in [-0.1, -0.05) is 12.5 Å². The van der Waals surface area contributed by atoms with Crippen molar-refractivity contribution in [2.75, 3.05) is 18.0 Å². The first-order valence-electron chi connectivity index (χ1n) is 7.32. The monoisotopic (exact) mass is 275 g/mol. The molecule has 0 spiro atoms. The Kier molecular flexibility index (Phi) is 3.38. The Morgan fingerprint density at radius 1 is 1.35 bits per heavy atom. The maximum absolute atomic E-state index is 11.2. The number of rotatable bonds is 2. The third-order valence-corrected chi connectivity index (χ3v) is 4.82. The van der Waals surface area contributed by atoms with Crippen molar-refractivity contribution in [3.8, 4) is 0 Å². The summed E-state index contributed by atoms with van der Waals surface area (Å²) in [6, 6.07) is 5.60. The van der Waals surface area contributed by atoms with Gasteiger partial charge in [-0.3, -0.25) is 10.1 Å². The molecule has 5 nitrogen and oxygen atoms in total. The molecule has 1 saturated heterocycles. The Labute approximate surface area is 118 Å². The van der Waals surface area contributed by atoms with Crippen LogP contribution in [0.5, 0.6) is 0 Å². The molecule has 1 aromatic rings. The molecule has 2 aliphatic rings. The van der Waals surface area contributed by atoms with Gasteiger partial charge in [0, 0.05) is 25.2 Å². The lowest BCUT2D eigenvalue weighted by Gasteiger charge is -2.29. The van der Waals surface area contributed by atoms with Gasteiger partial charge in [0.25, 0.3) is 5.69 Å². The first-order chi connectivity index (χ1) is 9.56. The lowest BCUT2D eigenvalue weighted by molar-refractivity contribution is -0.384. The molecule has 0 amide bonds. The summed E-state index contributed by atoms with van der Waals surface area (Å²) in [6.07, 6.45) is 3.48. The molecule has 0 aromatic heterocycles. The third-order valence-electron chi connectivity index (χ3n) is 4.82. The van der Waals surface area contributed by atoms with Gasteiger partial charge >= 0.3 is 0 Å². The molecule has 108 valence electrons. The van der Waals surface area contributed by atoms with Crippen LogP contribution in [0.2, 0.25) is 0 Å². The van der Waals surface area contributed by atoms with E-state index in [2.05, 4.69) is 4.90 Å². The number of nitrogens with zero attached hydrogens (tertiary/aromatic N) is 2. The lowest BCUT2D eigenvalue weighted by Crippen LogP contribution is -2.38. The van der Waals surface area contributed by atoms with Crippen LogP contribution in [0.4, 0.5) is 11.4 Å². The Balaban J connectivity index is 1.90. The first-order valence-corrected chi connectivity index (χ1v) is 7.32. The minimum absolute atomic E-state index is 0.211. The highest BCUT2D eigenvalue weighted by molar-refractivity contribution is 5.65. The smallest absolute Gasteiger partial charge is 0.292 e. The molecule has 1 aromatic carbocycles. The summed E-state index contributed by atoms with van der Waals surface area (Å²) in [6.45, 7) is 3.74. The summed E-state index contributed by atoms with van der Waals surface area (Å²) >= 11 is 0. The van der Waals surface area contributed by atoms with Crippen molar-refractivity contribution in [1.82, 2.24) is 0 Å². The van der Waals surface area contributed by atoms with E-state index in [9.17, 15) is 10.1 Å². The molecule has 1 aliphatic carbocycles. The predicted molar refractivity (Wildman–Crippen MR) is 78.9 cm³/mol. The molecular formula is C15H21N3O2. The third kappa shape index (κ3) is 2.26. The van der Waals surface area contributed by atoms with Crippen LogP contribution in [0.25, 0.3) is 0 Å². The molecule has 2 fully saturated rings. The van der Waals surface area contributed by atoms with Crippen LogP contribution >= 0.6 is 0 Å². The Hall–Kier alpha value is -1.62. The molecule has 3 atom stereocenters. The number of nitro groups is 1. The topological polar surface area (TPSA) is 72.4 Å². The fraction of sp³-hybridized carbons (Fsp3) is 0.600. The number of benzene rings is 1. The van der Waals surface area contributed by atoms with E-state index in [1.165, 1.54) is 12.8 Å². The minimum Gasteiger partial charge on any atom is -0.365 e. The summed E-state index contributed by atoms with van der Waals surface area (Å²) in [5.41, 5.74) is 8.26. The highest BCUT2D eigenvalue weighted by Gasteiger charge is 2.40. The van der Waals surface area contributed by atoms with E-state index in [0.717, 1.165) is 30.8 Å². The van der Waals surface area contributed by atoms with Crippen molar-refractivity contribution >= 4 is 11.4 Å². The van der Waals surface area contributed by atoms with E-state index in [0.29, 0.717) is 11.8 Å². The van der Waals surface area contributed by atoms with Crippen molar-refractivity contribution < 1.29 is 4.92 Å². The van der Waals surface area contributed by atoms with Gasteiger partial charge < -0.3 is 10.6 Å². The first kappa shape index (κ1) is 13.4. The summed E-state index contributed by atoms with van der Waals surface area (Å²) in [7, 11) is 0. The van der Waals surface area contributed by atoms with Crippen molar-refractivity contribution in [3.63, 3.8) is 0 Å². The summed E-state index contributed by atoms with van der Waals surface area (Å²) in [5, 5.41) is 11.2. The number of aryl methyl sites for hydroxylation is 1. The number of nitro benzene ring substituents is 1. The minimum atomic E-state index is -0.281. The molecule has 1 aliphatic heterocycles. The van der Waals surface area contributed by atoms with Crippen LogP contribution in [0, 0.1) is 28.9 Å². The van der Waals surface area contributed by atoms with Gasteiger partial charge in [-0.25, -0.2) is 0 Å².